The first-order valence-corrected chi connectivity index (χ1v) is 8.13. The summed E-state index contributed by atoms with van der Waals surface area (Å²) in [7, 11) is -1.82. The Morgan fingerprint density at radius 1 is 1.30 bits per heavy atom. The molecular weight excluding hydrogens is 300 g/mol. The molecule has 9 heteroatoms. The van der Waals surface area contributed by atoms with E-state index in [0.717, 1.165) is 17.8 Å². The Kier molecular flexibility index (Phi) is 4.53. The molecule has 0 saturated heterocycles. The molecule has 108 valence electrons. The SMILES string of the molecule is CNCCc1ccc(S(=O)(=O)Nc2ccc(=O)[nH]n2)s1. The fraction of sp³-hybridized carbons (Fsp3) is 0.273. The van der Waals surface area contributed by atoms with Gasteiger partial charge in [0.25, 0.3) is 15.6 Å². The van der Waals surface area contributed by atoms with Gasteiger partial charge in [0, 0.05) is 10.9 Å². The smallest absolute Gasteiger partial charge is 0.272 e. The second-order valence-corrected chi connectivity index (χ2v) is 7.06. The molecule has 2 aromatic heterocycles. The van der Waals surface area contributed by atoms with Crippen LogP contribution in [-0.2, 0) is 16.4 Å². The number of H-pyrrole nitrogens is 1. The standard InChI is InChI=1S/C11H14N4O3S2/c1-12-7-6-8-2-5-11(19-8)20(17,18)15-9-3-4-10(16)14-13-9/h2-5,12H,6-7H2,1H3,(H,13,15)(H,14,16). The van der Waals surface area contributed by atoms with Crippen LogP contribution in [0.3, 0.4) is 0 Å². The van der Waals surface area contributed by atoms with Crippen LogP contribution in [0.2, 0.25) is 0 Å². The molecule has 0 aromatic carbocycles. The highest BCUT2D eigenvalue weighted by Crippen LogP contribution is 2.23. The Bertz CT molecular complexity index is 716. The van der Waals surface area contributed by atoms with Gasteiger partial charge in [-0.3, -0.25) is 9.52 Å². The maximum Gasteiger partial charge on any atom is 0.272 e. The largest absolute Gasteiger partial charge is 0.319 e. The molecule has 0 amide bonds. The summed E-state index contributed by atoms with van der Waals surface area (Å²) in [6.45, 7) is 0.787. The van der Waals surface area contributed by atoms with E-state index in [9.17, 15) is 13.2 Å². The summed E-state index contributed by atoms with van der Waals surface area (Å²) in [6.07, 6.45) is 0.771. The van der Waals surface area contributed by atoms with E-state index >= 15 is 0 Å². The van der Waals surface area contributed by atoms with Crippen LogP contribution in [0.5, 0.6) is 0 Å². The Balaban J connectivity index is 2.15. The van der Waals surface area contributed by atoms with Crippen LogP contribution < -0.4 is 15.6 Å². The minimum absolute atomic E-state index is 0.0785. The van der Waals surface area contributed by atoms with Crippen LogP contribution in [0.4, 0.5) is 5.82 Å². The van der Waals surface area contributed by atoms with Crippen LogP contribution in [0.25, 0.3) is 0 Å². The predicted molar refractivity (Wildman–Crippen MR) is 77.6 cm³/mol. The van der Waals surface area contributed by atoms with Gasteiger partial charge in [-0.25, -0.2) is 13.5 Å². The molecule has 0 aliphatic heterocycles. The molecule has 7 nitrogen and oxygen atoms in total. The van der Waals surface area contributed by atoms with E-state index < -0.39 is 15.6 Å². The van der Waals surface area contributed by atoms with Crippen molar-refractivity contribution in [2.24, 2.45) is 0 Å². The summed E-state index contributed by atoms with van der Waals surface area (Å²) in [5, 5.41) is 8.79. The number of nitrogens with one attached hydrogen (secondary N) is 3. The van der Waals surface area contributed by atoms with Gasteiger partial charge in [0.15, 0.2) is 5.82 Å². The van der Waals surface area contributed by atoms with Crippen LogP contribution >= 0.6 is 11.3 Å². The number of sulfonamides is 1. The van der Waals surface area contributed by atoms with E-state index in [-0.39, 0.29) is 10.0 Å². The van der Waals surface area contributed by atoms with Gasteiger partial charge < -0.3 is 5.32 Å². The second kappa shape index (κ2) is 6.16. The molecule has 0 bridgehead atoms. The molecular formula is C11H14N4O3S2. The number of rotatable bonds is 6. The third-order valence-electron chi connectivity index (χ3n) is 2.44. The van der Waals surface area contributed by atoms with E-state index in [1.807, 2.05) is 7.05 Å². The topological polar surface area (TPSA) is 104 Å². The van der Waals surface area contributed by atoms with Crippen molar-refractivity contribution in [1.29, 1.82) is 0 Å². The molecule has 2 aromatic rings. The van der Waals surface area contributed by atoms with Crippen LogP contribution in [0.1, 0.15) is 4.88 Å². The molecule has 2 heterocycles. The molecule has 2 rings (SSSR count). The van der Waals surface area contributed by atoms with E-state index in [1.165, 1.54) is 23.5 Å². The van der Waals surface area contributed by atoms with Crippen molar-refractivity contribution in [1.82, 2.24) is 15.5 Å². The van der Waals surface area contributed by atoms with Crippen molar-refractivity contribution in [2.75, 3.05) is 18.3 Å². The third kappa shape index (κ3) is 3.65. The molecule has 0 aliphatic rings. The zero-order valence-corrected chi connectivity index (χ0v) is 12.3. The van der Waals surface area contributed by atoms with Gasteiger partial charge in [0.1, 0.15) is 4.21 Å². The number of hydrogen-bond donors (Lipinski definition) is 3. The molecule has 0 atom stereocenters. The van der Waals surface area contributed by atoms with Crippen molar-refractivity contribution in [2.45, 2.75) is 10.6 Å². The second-order valence-electron chi connectivity index (χ2n) is 3.99. The first-order valence-electron chi connectivity index (χ1n) is 5.83. The van der Waals surface area contributed by atoms with Crippen LogP contribution in [0, 0.1) is 0 Å². The first-order chi connectivity index (χ1) is 9.51. The van der Waals surface area contributed by atoms with Crippen molar-refractivity contribution in [3.05, 3.63) is 39.5 Å². The summed E-state index contributed by atoms with van der Waals surface area (Å²) in [5.41, 5.74) is -0.390. The van der Waals surface area contributed by atoms with Gasteiger partial charge in [-0.1, -0.05) is 0 Å². The lowest BCUT2D eigenvalue weighted by molar-refractivity contribution is 0.603. The average molecular weight is 314 g/mol. The lowest BCUT2D eigenvalue weighted by atomic mass is 10.3. The molecule has 0 aliphatic carbocycles. The van der Waals surface area contributed by atoms with Gasteiger partial charge in [0.05, 0.1) is 0 Å². The average Bonchev–Trinajstić information content (AvgIpc) is 2.88. The molecule has 20 heavy (non-hydrogen) atoms. The predicted octanol–water partition coefficient (Wildman–Crippen LogP) is 0.394. The molecule has 0 unspecified atom stereocenters. The number of aromatic nitrogens is 2. The number of hydrogen-bond acceptors (Lipinski definition) is 6. The molecule has 0 fully saturated rings. The van der Waals surface area contributed by atoms with Crippen molar-refractivity contribution < 1.29 is 8.42 Å². The summed E-state index contributed by atoms with van der Waals surface area (Å²) in [6, 6.07) is 5.87. The fourth-order valence-corrected chi connectivity index (χ4v) is 3.83. The van der Waals surface area contributed by atoms with E-state index in [1.54, 1.807) is 12.1 Å². The van der Waals surface area contributed by atoms with Gasteiger partial charge in [-0.15, -0.1) is 11.3 Å². The highest BCUT2D eigenvalue weighted by molar-refractivity contribution is 7.94. The van der Waals surface area contributed by atoms with Gasteiger partial charge >= 0.3 is 0 Å². The number of likely N-dealkylation sites (N-methyl/N-ethyl adjacent to an activating group) is 1. The minimum Gasteiger partial charge on any atom is -0.319 e. The minimum atomic E-state index is -3.67. The quantitative estimate of drug-likeness (QED) is 0.716. The molecule has 0 spiro atoms. The zero-order valence-electron chi connectivity index (χ0n) is 10.7. The van der Waals surface area contributed by atoms with Crippen molar-refractivity contribution in [3.63, 3.8) is 0 Å². The number of thiophene rings is 1. The monoisotopic (exact) mass is 314 g/mol. The maximum absolute atomic E-state index is 12.1. The third-order valence-corrected chi connectivity index (χ3v) is 5.43. The summed E-state index contributed by atoms with van der Waals surface area (Å²) >= 11 is 1.21. The van der Waals surface area contributed by atoms with Gasteiger partial charge in [-0.05, 0) is 38.2 Å². The van der Waals surface area contributed by atoms with E-state index in [0.29, 0.717) is 0 Å². The lowest BCUT2D eigenvalue weighted by Gasteiger charge is -2.03. The highest BCUT2D eigenvalue weighted by Gasteiger charge is 2.17. The van der Waals surface area contributed by atoms with Crippen LogP contribution in [-0.4, -0.2) is 32.2 Å². The lowest BCUT2D eigenvalue weighted by Crippen LogP contribution is -2.15. The number of aromatic amines is 1. The fourth-order valence-electron chi connectivity index (χ4n) is 1.47. The Hall–Kier alpha value is -1.71. The van der Waals surface area contributed by atoms with Gasteiger partial charge in [-0.2, -0.15) is 5.10 Å². The first kappa shape index (κ1) is 14.7. The Morgan fingerprint density at radius 3 is 2.75 bits per heavy atom. The highest BCUT2D eigenvalue weighted by atomic mass is 32.2. The number of nitrogens with zero attached hydrogens (tertiary/aromatic N) is 1. The number of anilines is 1. The van der Waals surface area contributed by atoms with Crippen molar-refractivity contribution >= 4 is 27.2 Å². The zero-order chi connectivity index (χ0) is 14.6. The van der Waals surface area contributed by atoms with Crippen LogP contribution in [0.15, 0.2) is 33.3 Å². The Labute approximate surface area is 120 Å². The van der Waals surface area contributed by atoms with Gasteiger partial charge in [0.2, 0.25) is 0 Å². The molecule has 0 radical (unpaired) electrons. The maximum atomic E-state index is 12.1. The summed E-state index contributed by atoms with van der Waals surface area (Å²) in [4.78, 5) is 11.8. The summed E-state index contributed by atoms with van der Waals surface area (Å²) < 4.78 is 26.8. The Morgan fingerprint density at radius 2 is 2.10 bits per heavy atom. The van der Waals surface area contributed by atoms with Crippen molar-refractivity contribution in [3.8, 4) is 0 Å². The molecule has 3 N–H and O–H groups in total. The normalized spacial score (nSPS) is 11.4. The molecule has 0 saturated carbocycles. The van der Waals surface area contributed by atoms with E-state index in [4.69, 9.17) is 0 Å². The summed E-state index contributed by atoms with van der Waals surface area (Å²) in [5.74, 6) is 0.0785. The van der Waals surface area contributed by atoms with E-state index in [2.05, 4.69) is 20.2 Å².